The van der Waals surface area contributed by atoms with Crippen molar-refractivity contribution < 1.29 is 48.7 Å². The lowest BCUT2D eigenvalue weighted by Gasteiger charge is -2.44. The summed E-state index contributed by atoms with van der Waals surface area (Å²) in [6, 6.07) is -0.807. The molecule has 0 aromatic carbocycles. The first kappa shape index (κ1) is 26.1. The number of amides is 1. The number of hydrogen-bond donors (Lipinski definition) is 4. The van der Waals surface area contributed by atoms with Crippen molar-refractivity contribution in [2.45, 2.75) is 57.1 Å². The van der Waals surface area contributed by atoms with Crippen molar-refractivity contribution in [3.05, 3.63) is 0 Å². The zero-order valence-electron chi connectivity index (χ0n) is 17.1. The van der Waals surface area contributed by atoms with Crippen LogP contribution in [0.4, 0.5) is 0 Å². The quantitative estimate of drug-likeness (QED) is 0.237. The van der Waals surface area contributed by atoms with Crippen LogP contribution in [0.15, 0.2) is 0 Å². The lowest BCUT2D eigenvalue weighted by Crippen LogP contribution is -2.62. The average molecular weight is 433 g/mol. The first-order chi connectivity index (χ1) is 14.3. The molecule has 1 fully saturated rings. The number of nitrogens with one attached hydrogen (secondary N) is 1. The number of rotatable bonds is 14. The van der Waals surface area contributed by atoms with Crippen LogP contribution in [0.3, 0.4) is 0 Å². The van der Waals surface area contributed by atoms with E-state index in [0.717, 1.165) is 6.42 Å². The predicted octanol–water partition coefficient (Wildman–Crippen LogP) is -1.47. The van der Waals surface area contributed by atoms with Gasteiger partial charge >= 0.3 is 5.97 Å². The predicted molar refractivity (Wildman–Crippen MR) is 102 cm³/mol. The molecule has 1 amide bonds. The summed E-state index contributed by atoms with van der Waals surface area (Å²) in [6.07, 6.45) is -1.99. The number of ether oxygens (including phenoxy) is 3. The van der Waals surface area contributed by atoms with Gasteiger partial charge < -0.3 is 44.4 Å². The van der Waals surface area contributed by atoms with Crippen molar-refractivity contribution in [3.63, 3.8) is 0 Å². The molecule has 1 aliphatic heterocycles. The summed E-state index contributed by atoms with van der Waals surface area (Å²) in [5.41, 5.74) is 0. The van der Waals surface area contributed by atoms with Gasteiger partial charge in [-0.25, -0.2) is 4.79 Å². The average Bonchev–Trinajstić information content (AvgIpc) is 2.70. The van der Waals surface area contributed by atoms with Crippen LogP contribution >= 0.6 is 0 Å². The van der Waals surface area contributed by atoms with Gasteiger partial charge in [0.2, 0.25) is 5.91 Å². The summed E-state index contributed by atoms with van der Waals surface area (Å²) in [5.74, 6) is -3.37. The van der Waals surface area contributed by atoms with Crippen LogP contribution in [-0.4, -0.2) is 96.7 Å². The van der Waals surface area contributed by atoms with Gasteiger partial charge in [0.1, 0.15) is 25.3 Å². The number of carbonyl (C=O) groups is 4. The van der Waals surface area contributed by atoms with E-state index in [-0.39, 0.29) is 31.6 Å². The third-order valence-corrected chi connectivity index (χ3v) is 4.95. The Hall–Kier alpha value is -1.92. The molecule has 0 bridgehead atoms. The van der Waals surface area contributed by atoms with Gasteiger partial charge in [-0.05, 0) is 6.42 Å². The zero-order chi connectivity index (χ0) is 22.7. The van der Waals surface area contributed by atoms with Crippen molar-refractivity contribution >= 4 is 24.4 Å². The molecule has 7 atom stereocenters. The van der Waals surface area contributed by atoms with E-state index in [1.165, 1.54) is 6.92 Å². The lowest BCUT2D eigenvalue weighted by molar-refractivity contribution is -0.188. The Morgan fingerprint density at radius 1 is 1.27 bits per heavy atom. The van der Waals surface area contributed by atoms with Gasteiger partial charge in [0.15, 0.2) is 6.10 Å². The molecule has 1 heterocycles. The maximum absolute atomic E-state index is 11.6. The minimum atomic E-state index is -1.56. The van der Waals surface area contributed by atoms with Gasteiger partial charge in [0.05, 0.1) is 44.0 Å². The molecule has 30 heavy (non-hydrogen) atoms. The van der Waals surface area contributed by atoms with Crippen molar-refractivity contribution in [3.8, 4) is 0 Å². The van der Waals surface area contributed by atoms with Gasteiger partial charge in [-0.2, -0.15) is 0 Å². The van der Waals surface area contributed by atoms with E-state index in [4.69, 9.17) is 14.2 Å². The standard InChI is InChI=1S/C19H31NO10/c1-3-4-13-14(8-23)30-15(16(17(13)25)20-11(2)24)10-28-9-12(7-22)18(19(26)27)29-6-5-21/h5,7,12-18,23,25H,3-4,6,8-10H2,1-2H3,(H,20,24)(H,26,27). The maximum atomic E-state index is 11.6. The SMILES string of the molecule is CCCC1C(CO)OC(COCC(C=O)C(OCC=O)C(=O)O)C(NC(C)=O)C1O. The number of aldehydes is 2. The van der Waals surface area contributed by atoms with Crippen LogP contribution in [0.2, 0.25) is 0 Å². The van der Waals surface area contributed by atoms with Crippen molar-refractivity contribution in [1.82, 2.24) is 5.32 Å². The summed E-state index contributed by atoms with van der Waals surface area (Å²) in [4.78, 5) is 44.6. The third-order valence-electron chi connectivity index (χ3n) is 4.95. The Kier molecular flexibility index (Phi) is 11.7. The van der Waals surface area contributed by atoms with Crippen LogP contribution in [0.25, 0.3) is 0 Å². The van der Waals surface area contributed by atoms with Crippen molar-refractivity contribution in [1.29, 1.82) is 0 Å². The Morgan fingerprint density at radius 3 is 2.47 bits per heavy atom. The summed E-state index contributed by atoms with van der Waals surface area (Å²) in [5, 5.41) is 32.2. The highest BCUT2D eigenvalue weighted by molar-refractivity contribution is 5.77. The van der Waals surface area contributed by atoms with Gasteiger partial charge in [0.25, 0.3) is 0 Å². The van der Waals surface area contributed by atoms with E-state index in [2.05, 4.69) is 5.32 Å². The molecular weight excluding hydrogens is 402 g/mol. The first-order valence-corrected chi connectivity index (χ1v) is 9.83. The molecule has 0 saturated carbocycles. The van der Waals surface area contributed by atoms with E-state index in [0.29, 0.717) is 19.0 Å². The zero-order valence-corrected chi connectivity index (χ0v) is 17.1. The molecular formula is C19H31NO10. The molecule has 7 unspecified atom stereocenters. The number of hydrogen-bond acceptors (Lipinski definition) is 9. The van der Waals surface area contributed by atoms with Gasteiger partial charge in [-0.1, -0.05) is 13.3 Å². The molecule has 0 spiro atoms. The minimum absolute atomic E-state index is 0.179. The second kappa shape index (κ2) is 13.4. The normalized spacial score (nSPS) is 28.3. The molecule has 0 aromatic rings. The summed E-state index contributed by atoms with van der Waals surface area (Å²) >= 11 is 0. The molecule has 0 aliphatic carbocycles. The molecule has 1 aliphatic rings. The monoisotopic (exact) mass is 433 g/mol. The molecule has 0 aromatic heterocycles. The molecule has 0 radical (unpaired) electrons. The Labute approximate surface area is 174 Å². The topological polar surface area (TPSA) is 169 Å². The summed E-state index contributed by atoms with van der Waals surface area (Å²) < 4.78 is 16.2. The fraction of sp³-hybridized carbons (Fsp3) is 0.789. The number of carboxylic acid groups (broad SMARTS) is 1. The fourth-order valence-corrected chi connectivity index (χ4v) is 3.58. The number of carbonyl (C=O) groups excluding carboxylic acids is 3. The van der Waals surface area contributed by atoms with Crippen LogP contribution in [-0.2, 0) is 33.4 Å². The second-order valence-electron chi connectivity index (χ2n) is 7.16. The van der Waals surface area contributed by atoms with E-state index in [1.807, 2.05) is 6.92 Å². The first-order valence-electron chi connectivity index (χ1n) is 9.83. The Balaban J connectivity index is 2.83. The fourth-order valence-electron chi connectivity index (χ4n) is 3.58. The second-order valence-corrected chi connectivity index (χ2v) is 7.16. The smallest absolute Gasteiger partial charge is 0.333 e. The highest BCUT2D eigenvalue weighted by Crippen LogP contribution is 2.30. The third kappa shape index (κ3) is 7.40. The van der Waals surface area contributed by atoms with Crippen LogP contribution in [0, 0.1) is 11.8 Å². The molecule has 1 saturated heterocycles. The molecule has 172 valence electrons. The Bertz CT molecular complexity index is 572. The van der Waals surface area contributed by atoms with E-state index >= 15 is 0 Å². The lowest BCUT2D eigenvalue weighted by atomic mass is 9.82. The van der Waals surface area contributed by atoms with E-state index in [1.54, 1.807) is 0 Å². The number of aliphatic hydroxyl groups is 2. The van der Waals surface area contributed by atoms with Gasteiger partial charge in [0, 0.05) is 12.8 Å². The Morgan fingerprint density at radius 2 is 1.97 bits per heavy atom. The summed E-state index contributed by atoms with van der Waals surface area (Å²) in [7, 11) is 0. The van der Waals surface area contributed by atoms with Crippen molar-refractivity contribution in [2.24, 2.45) is 11.8 Å². The number of carboxylic acids is 1. The number of aliphatic carboxylic acids is 1. The molecule has 4 N–H and O–H groups in total. The van der Waals surface area contributed by atoms with Crippen molar-refractivity contribution in [2.75, 3.05) is 26.4 Å². The highest BCUT2D eigenvalue weighted by atomic mass is 16.6. The largest absolute Gasteiger partial charge is 0.479 e. The van der Waals surface area contributed by atoms with Crippen LogP contribution < -0.4 is 5.32 Å². The van der Waals surface area contributed by atoms with E-state index < -0.39 is 49.0 Å². The molecule has 11 nitrogen and oxygen atoms in total. The minimum Gasteiger partial charge on any atom is -0.479 e. The van der Waals surface area contributed by atoms with Gasteiger partial charge in [-0.15, -0.1) is 0 Å². The molecule has 1 rings (SSSR count). The van der Waals surface area contributed by atoms with Crippen LogP contribution in [0.1, 0.15) is 26.7 Å². The number of aliphatic hydroxyl groups excluding tert-OH is 2. The molecule has 11 heteroatoms. The maximum Gasteiger partial charge on any atom is 0.333 e. The van der Waals surface area contributed by atoms with Crippen LogP contribution in [0.5, 0.6) is 0 Å². The van der Waals surface area contributed by atoms with E-state index in [9.17, 15) is 34.5 Å². The highest BCUT2D eigenvalue weighted by Gasteiger charge is 2.45. The van der Waals surface area contributed by atoms with Gasteiger partial charge in [-0.3, -0.25) is 4.79 Å². The summed E-state index contributed by atoms with van der Waals surface area (Å²) in [6.45, 7) is 1.88.